The first-order chi connectivity index (χ1) is 14.6. The fraction of sp³-hybridized carbons (Fsp3) is 0.455. The van der Waals surface area contributed by atoms with Gasteiger partial charge in [-0.05, 0) is 16.6 Å². The monoisotopic (exact) mass is 481 g/mol. The fourth-order valence-electron chi connectivity index (χ4n) is 4.93. The van der Waals surface area contributed by atoms with E-state index in [-0.39, 0.29) is 16.6 Å². The summed E-state index contributed by atoms with van der Waals surface area (Å²) in [6.45, 7) is 10.6. The summed E-state index contributed by atoms with van der Waals surface area (Å²) in [7, 11) is -3.12. The first-order valence-corrected chi connectivity index (χ1v) is 12.1. The van der Waals surface area contributed by atoms with Crippen molar-refractivity contribution in [2.75, 3.05) is 0 Å². The molecule has 0 saturated heterocycles. The van der Waals surface area contributed by atoms with Crippen LogP contribution >= 0.6 is 0 Å². The van der Waals surface area contributed by atoms with Crippen molar-refractivity contribution < 1.29 is 39.5 Å². The van der Waals surface area contributed by atoms with Crippen molar-refractivity contribution in [3.63, 3.8) is 0 Å². The Morgan fingerprint density at radius 1 is 0.688 bits per heavy atom. The van der Waals surface area contributed by atoms with E-state index in [1.165, 1.54) is 6.07 Å². The molecule has 3 rings (SSSR count). The molecule has 0 aliphatic heterocycles. The number of fused-ring (bicyclic) bond motifs is 3. The Balaban J connectivity index is 2.41. The lowest BCUT2D eigenvalue weighted by Crippen LogP contribution is -2.51. The van der Waals surface area contributed by atoms with E-state index in [0.717, 1.165) is 0 Å². The van der Waals surface area contributed by atoms with Crippen LogP contribution in [0.2, 0.25) is 16.6 Å². The Labute approximate surface area is 181 Å². The van der Waals surface area contributed by atoms with Crippen LogP contribution in [0.3, 0.4) is 0 Å². The third-order valence-electron chi connectivity index (χ3n) is 6.23. The van der Waals surface area contributed by atoms with Crippen molar-refractivity contribution in [2.24, 2.45) is 0 Å². The van der Waals surface area contributed by atoms with E-state index in [0.29, 0.717) is 0 Å². The number of rotatable bonds is 5. The van der Waals surface area contributed by atoms with Gasteiger partial charge in [-0.15, -0.1) is 0 Å². The summed E-state index contributed by atoms with van der Waals surface area (Å²) in [5, 5.41) is 0. The fourth-order valence-corrected chi connectivity index (χ4v) is 10.2. The molecule has 0 saturated carbocycles. The lowest BCUT2D eigenvalue weighted by molar-refractivity contribution is 0.0422. The molecule has 0 unspecified atom stereocenters. The molecule has 175 valence electrons. The van der Waals surface area contributed by atoms with Gasteiger partial charge < -0.3 is 4.43 Å². The molecule has 1 radical (unpaired) electrons. The molecule has 1 nitrogen and oxygen atoms in total. The summed E-state index contributed by atoms with van der Waals surface area (Å²) in [6.07, 6.45) is 0. The molecule has 0 spiro atoms. The Kier molecular flexibility index (Phi) is 5.94. The molecule has 0 fully saturated rings. The molecular weight excluding hydrogens is 460 g/mol. The summed E-state index contributed by atoms with van der Waals surface area (Å²) in [6, 6.07) is 1.31. The minimum absolute atomic E-state index is 0.233. The van der Waals surface area contributed by atoms with Gasteiger partial charge in [0, 0.05) is 22.8 Å². The van der Waals surface area contributed by atoms with Crippen molar-refractivity contribution in [2.45, 2.75) is 64.1 Å². The quantitative estimate of drug-likeness (QED) is 0.182. The average molecular weight is 481 g/mol. The summed E-state index contributed by atoms with van der Waals surface area (Å²) in [4.78, 5) is 0. The van der Waals surface area contributed by atoms with E-state index in [2.05, 4.69) is 0 Å². The molecule has 0 N–H and O–H groups in total. The van der Waals surface area contributed by atoms with Gasteiger partial charge in [-0.3, -0.25) is 0 Å². The highest BCUT2D eigenvalue weighted by atomic mass is 28.4. The third kappa shape index (κ3) is 3.08. The van der Waals surface area contributed by atoms with Crippen LogP contribution in [0.25, 0.3) is 11.1 Å². The normalized spacial score (nSPS) is 15.0. The Morgan fingerprint density at radius 2 is 1.19 bits per heavy atom. The molecule has 2 aromatic rings. The van der Waals surface area contributed by atoms with Crippen LogP contribution in [0.5, 0.6) is 5.75 Å². The van der Waals surface area contributed by atoms with Crippen LogP contribution < -0.4 is 4.43 Å². The number of hydrogen-bond acceptors (Lipinski definition) is 1. The zero-order valence-electron chi connectivity index (χ0n) is 18.2. The summed E-state index contributed by atoms with van der Waals surface area (Å²) >= 11 is 0. The maximum Gasteiger partial charge on any atom is 0.303 e. The predicted molar refractivity (Wildman–Crippen MR) is 105 cm³/mol. The number of alkyl halides is 2. The summed E-state index contributed by atoms with van der Waals surface area (Å²) < 4.78 is 123. The summed E-state index contributed by atoms with van der Waals surface area (Å²) in [5.41, 5.74) is -6.96. The topological polar surface area (TPSA) is 9.23 Å². The summed E-state index contributed by atoms with van der Waals surface area (Å²) in [5.74, 6) is -18.2. The van der Waals surface area contributed by atoms with Gasteiger partial charge in [0.05, 0.1) is 5.56 Å². The van der Waals surface area contributed by atoms with Gasteiger partial charge in [0.2, 0.25) is 5.82 Å². The molecule has 0 bridgehead atoms. The van der Waals surface area contributed by atoms with Crippen molar-refractivity contribution in [1.82, 2.24) is 0 Å². The molecule has 0 amide bonds. The van der Waals surface area contributed by atoms with Crippen molar-refractivity contribution in [1.29, 1.82) is 0 Å². The Morgan fingerprint density at radius 3 is 1.66 bits per heavy atom. The zero-order chi connectivity index (χ0) is 24.5. The van der Waals surface area contributed by atoms with E-state index in [1.54, 1.807) is 41.5 Å². The van der Waals surface area contributed by atoms with Crippen LogP contribution in [-0.2, 0) is 5.92 Å². The second-order valence-electron chi connectivity index (χ2n) is 8.83. The lowest BCUT2D eigenvalue weighted by atomic mass is 10.0. The van der Waals surface area contributed by atoms with Crippen LogP contribution in [0.4, 0.5) is 35.1 Å². The highest BCUT2D eigenvalue weighted by Crippen LogP contribution is 2.57. The van der Waals surface area contributed by atoms with Crippen LogP contribution in [-0.4, -0.2) is 8.32 Å². The van der Waals surface area contributed by atoms with E-state index in [1.807, 2.05) is 0 Å². The first-order valence-electron chi connectivity index (χ1n) is 10.0. The van der Waals surface area contributed by atoms with Crippen LogP contribution in [0, 0.1) is 41.0 Å². The maximum absolute atomic E-state index is 15.5. The van der Waals surface area contributed by atoms with Gasteiger partial charge in [0.15, 0.2) is 34.8 Å². The highest BCUT2D eigenvalue weighted by molar-refractivity contribution is 6.78. The minimum Gasteiger partial charge on any atom is -0.539 e. The number of hydrogen-bond donors (Lipinski definition) is 0. The zero-order valence-corrected chi connectivity index (χ0v) is 19.2. The molecule has 0 heterocycles. The second-order valence-corrected chi connectivity index (χ2v) is 14.2. The SMILES string of the molecule is CC(C)[Si](Oc1c(F)c(F)c2c(c1F)-c1c([c]c(F)c(F)c1F)C2(F)F)(C(C)C)C(C)C. The molecule has 32 heavy (non-hydrogen) atoms. The smallest absolute Gasteiger partial charge is 0.303 e. The standard InChI is InChI=1S/C22H21F8OSi/c1-8(2)32(9(3)4,10(5)6)31-21-18(26)14-13-11(7-12(23)16(24)17(13)25)22(29,30)15(14)19(27)20(21)28/h8-10H,1-6H3. The minimum atomic E-state index is -4.55. The average Bonchev–Trinajstić information content (AvgIpc) is 2.91. The van der Waals surface area contributed by atoms with E-state index >= 15 is 4.39 Å². The third-order valence-corrected chi connectivity index (χ3v) is 12.2. The molecule has 1 aliphatic rings. The van der Waals surface area contributed by atoms with E-state index in [9.17, 15) is 30.7 Å². The highest BCUT2D eigenvalue weighted by Gasteiger charge is 2.54. The van der Waals surface area contributed by atoms with Crippen molar-refractivity contribution in [3.8, 4) is 16.9 Å². The van der Waals surface area contributed by atoms with E-state index < -0.39 is 77.1 Å². The van der Waals surface area contributed by atoms with E-state index in [4.69, 9.17) is 4.43 Å². The lowest BCUT2D eigenvalue weighted by Gasteiger charge is -2.42. The molecular formula is C22H21F8OSi. The number of benzene rings is 2. The van der Waals surface area contributed by atoms with Gasteiger partial charge in [-0.25, -0.2) is 22.0 Å². The second kappa shape index (κ2) is 7.74. The first kappa shape index (κ1) is 24.5. The molecule has 10 heteroatoms. The van der Waals surface area contributed by atoms with Crippen molar-refractivity contribution >= 4 is 8.32 Å². The molecule has 1 aliphatic carbocycles. The van der Waals surface area contributed by atoms with Crippen molar-refractivity contribution in [3.05, 3.63) is 52.1 Å². The molecule has 0 aromatic heterocycles. The van der Waals surface area contributed by atoms with Gasteiger partial charge in [0.25, 0.3) is 8.32 Å². The van der Waals surface area contributed by atoms with Gasteiger partial charge in [0.1, 0.15) is 0 Å². The largest absolute Gasteiger partial charge is 0.539 e. The van der Waals surface area contributed by atoms with Gasteiger partial charge >= 0.3 is 5.92 Å². The number of halogens is 8. The molecule has 0 atom stereocenters. The maximum atomic E-state index is 15.5. The molecule has 2 aromatic carbocycles. The van der Waals surface area contributed by atoms with Gasteiger partial charge in [-0.2, -0.15) is 13.2 Å². The van der Waals surface area contributed by atoms with Gasteiger partial charge in [-0.1, -0.05) is 41.5 Å². The Hall–Kier alpha value is -2.10. The predicted octanol–water partition coefficient (Wildman–Crippen LogP) is 8.00. The van der Waals surface area contributed by atoms with Crippen LogP contribution in [0.1, 0.15) is 52.7 Å². The Bertz CT molecular complexity index is 1070. The van der Waals surface area contributed by atoms with Crippen LogP contribution in [0.15, 0.2) is 0 Å².